The van der Waals surface area contributed by atoms with E-state index >= 15 is 0 Å². The molecule has 80 valence electrons. The molecular formula is C10H13N3OS. The molecule has 4 nitrogen and oxygen atoms in total. The smallest absolute Gasteiger partial charge is 0.263 e. The van der Waals surface area contributed by atoms with Crippen molar-refractivity contribution in [2.45, 2.75) is 27.3 Å². The van der Waals surface area contributed by atoms with Crippen molar-refractivity contribution in [3.63, 3.8) is 0 Å². The Morgan fingerprint density at radius 3 is 2.73 bits per heavy atom. The molecule has 0 spiro atoms. The number of nitrogens with zero attached hydrogens (tertiary/aromatic N) is 2. The molecule has 0 aromatic carbocycles. The van der Waals surface area contributed by atoms with Gasteiger partial charge in [0.1, 0.15) is 4.83 Å². The Labute approximate surface area is 91.4 Å². The molecule has 5 heteroatoms. The lowest BCUT2D eigenvalue weighted by Crippen LogP contribution is -2.23. The summed E-state index contributed by atoms with van der Waals surface area (Å²) in [5, 5.41) is 0.716. The van der Waals surface area contributed by atoms with Crippen LogP contribution >= 0.6 is 11.3 Å². The first-order chi connectivity index (χ1) is 7.06. The minimum absolute atomic E-state index is 0.0261. The Hall–Kier alpha value is -1.36. The van der Waals surface area contributed by atoms with Crippen molar-refractivity contribution in [2.24, 2.45) is 0 Å². The molecule has 2 N–H and O–H groups in total. The standard InChI is InChI=1S/C10H13N3OS/c1-4-13-9(14)7-5(2)6(3)15-8(7)12-10(13)11/h4H2,1-3H3,(H2,11,12). The topological polar surface area (TPSA) is 60.9 Å². The molecule has 0 aliphatic rings. The third-order valence-electron chi connectivity index (χ3n) is 2.63. The highest BCUT2D eigenvalue weighted by atomic mass is 32.1. The van der Waals surface area contributed by atoms with Gasteiger partial charge in [-0.3, -0.25) is 9.36 Å². The molecule has 0 fully saturated rings. The molecule has 0 aliphatic carbocycles. The Bertz CT molecular complexity index is 582. The highest BCUT2D eigenvalue weighted by molar-refractivity contribution is 7.18. The molecule has 2 rings (SSSR count). The number of nitrogens with two attached hydrogens (primary N) is 1. The van der Waals surface area contributed by atoms with Crippen LogP contribution in [-0.2, 0) is 6.54 Å². The molecule has 0 radical (unpaired) electrons. The van der Waals surface area contributed by atoms with Crippen molar-refractivity contribution in [1.29, 1.82) is 0 Å². The van der Waals surface area contributed by atoms with Gasteiger partial charge in [0.05, 0.1) is 5.39 Å². The molecular weight excluding hydrogens is 210 g/mol. The number of hydrogen-bond acceptors (Lipinski definition) is 4. The maximum absolute atomic E-state index is 12.1. The van der Waals surface area contributed by atoms with Crippen molar-refractivity contribution in [2.75, 3.05) is 5.73 Å². The summed E-state index contributed by atoms with van der Waals surface area (Å²) in [5.74, 6) is 0.302. The normalized spacial score (nSPS) is 11.1. The van der Waals surface area contributed by atoms with Crippen LogP contribution in [0.5, 0.6) is 0 Å². The van der Waals surface area contributed by atoms with Gasteiger partial charge < -0.3 is 5.73 Å². The van der Waals surface area contributed by atoms with E-state index < -0.39 is 0 Å². The first-order valence-electron chi connectivity index (χ1n) is 4.82. The number of aryl methyl sites for hydroxylation is 2. The Morgan fingerprint density at radius 2 is 2.13 bits per heavy atom. The monoisotopic (exact) mass is 223 g/mol. The molecule has 0 aliphatic heterocycles. The maximum Gasteiger partial charge on any atom is 0.263 e. The van der Waals surface area contributed by atoms with Crippen molar-refractivity contribution in [3.8, 4) is 0 Å². The van der Waals surface area contributed by atoms with Gasteiger partial charge in [0.2, 0.25) is 5.95 Å². The predicted octanol–water partition coefficient (Wildman–Crippen LogP) is 1.68. The second kappa shape index (κ2) is 3.34. The van der Waals surface area contributed by atoms with Crippen LogP contribution in [0.25, 0.3) is 10.2 Å². The van der Waals surface area contributed by atoms with Crippen LogP contribution < -0.4 is 11.3 Å². The molecule has 0 saturated heterocycles. The quantitative estimate of drug-likeness (QED) is 0.800. The van der Waals surface area contributed by atoms with Gasteiger partial charge >= 0.3 is 0 Å². The van der Waals surface area contributed by atoms with Gasteiger partial charge in [0.15, 0.2) is 0 Å². The predicted molar refractivity (Wildman–Crippen MR) is 63.4 cm³/mol. The Morgan fingerprint density at radius 1 is 1.47 bits per heavy atom. The van der Waals surface area contributed by atoms with E-state index in [0.29, 0.717) is 17.9 Å². The van der Waals surface area contributed by atoms with Gasteiger partial charge in [0, 0.05) is 11.4 Å². The first-order valence-corrected chi connectivity index (χ1v) is 5.64. The van der Waals surface area contributed by atoms with Crippen LogP contribution in [0.4, 0.5) is 5.95 Å². The molecule has 0 atom stereocenters. The fourth-order valence-corrected chi connectivity index (χ4v) is 2.68. The van der Waals surface area contributed by atoms with Crippen molar-refractivity contribution in [3.05, 3.63) is 20.8 Å². The molecule has 15 heavy (non-hydrogen) atoms. The zero-order chi connectivity index (χ0) is 11.2. The molecule has 2 aromatic heterocycles. The summed E-state index contributed by atoms with van der Waals surface area (Å²) < 4.78 is 1.50. The SMILES string of the molecule is CCn1c(N)nc2sc(C)c(C)c2c1=O. The average molecular weight is 223 g/mol. The van der Waals surface area contributed by atoms with E-state index in [2.05, 4.69) is 4.98 Å². The molecule has 0 bridgehead atoms. The molecule has 0 saturated carbocycles. The van der Waals surface area contributed by atoms with E-state index in [1.54, 1.807) is 0 Å². The minimum Gasteiger partial charge on any atom is -0.369 e. The van der Waals surface area contributed by atoms with Gasteiger partial charge in [-0.1, -0.05) is 0 Å². The highest BCUT2D eigenvalue weighted by Crippen LogP contribution is 2.26. The van der Waals surface area contributed by atoms with E-state index in [0.717, 1.165) is 15.3 Å². The highest BCUT2D eigenvalue weighted by Gasteiger charge is 2.13. The number of hydrogen-bond donors (Lipinski definition) is 1. The first kappa shape index (κ1) is 10.2. The van der Waals surface area contributed by atoms with Crippen LogP contribution in [0.2, 0.25) is 0 Å². The number of nitrogen functional groups attached to an aromatic ring is 1. The summed E-state index contributed by atoms with van der Waals surface area (Å²) >= 11 is 1.52. The summed E-state index contributed by atoms with van der Waals surface area (Å²) in [6, 6.07) is 0. The van der Waals surface area contributed by atoms with Crippen LogP contribution in [0.3, 0.4) is 0 Å². The molecule has 0 unspecified atom stereocenters. The van der Waals surface area contributed by atoms with E-state index in [-0.39, 0.29) is 5.56 Å². The third kappa shape index (κ3) is 1.34. The summed E-state index contributed by atoms with van der Waals surface area (Å²) in [7, 11) is 0. The maximum atomic E-state index is 12.1. The zero-order valence-corrected chi connectivity index (χ0v) is 9.81. The zero-order valence-electron chi connectivity index (χ0n) is 9.00. The summed E-state index contributed by atoms with van der Waals surface area (Å²) in [6.07, 6.45) is 0. The number of thiophene rings is 1. The van der Waals surface area contributed by atoms with E-state index in [1.807, 2.05) is 20.8 Å². The van der Waals surface area contributed by atoms with E-state index in [4.69, 9.17) is 5.73 Å². The van der Waals surface area contributed by atoms with E-state index in [9.17, 15) is 4.79 Å². The van der Waals surface area contributed by atoms with Crippen LogP contribution in [0, 0.1) is 13.8 Å². The van der Waals surface area contributed by atoms with Crippen molar-refractivity contribution >= 4 is 27.5 Å². The largest absolute Gasteiger partial charge is 0.369 e. The number of anilines is 1. The average Bonchev–Trinajstić information content (AvgIpc) is 2.43. The lowest BCUT2D eigenvalue weighted by molar-refractivity contribution is 0.732. The lowest BCUT2D eigenvalue weighted by Gasteiger charge is -2.05. The number of aromatic nitrogens is 2. The second-order valence-electron chi connectivity index (χ2n) is 3.48. The lowest BCUT2D eigenvalue weighted by atomic mass is 10.2. The van der Waals surface area contributed by atoms with Gasteiger partial charge in [-0.2, -0.15) is 0 Å². The van der Waals surface area contributed by atoms with Crippen molar-refractivity contribution in [1.82, 2.24) is 9.55 Å². The molecule has 2 heterocycles. The van der Waals surface area contributed by atoms with Crippen LogP contribution in [0.1, 0.15) is 17.4 Å². The van der Waals surface area contributed by atoms with Gasteiger partial charge in [-0.15, -0.1) is 11.3 Å². The summed E-state index contributed by atoms with van der Waals surface area (Å²) in [6.45, 7) is 6.39. The van der Waals surface area contributed by atoms with Gasteiger partial charge in [-0.25, -0.2) is 4.98 Å². The molecule has 0 amide bonds. The second-order valence-corrected chi connectivity index (χ2v) is 4.69. The third-order valence-corrected chi connectivity index (χ3v) is 3.74. The fraction of sp³-hybridized carbons (Fsp3) is 0.400. The van der Waals surface area contributed by atoms with Crippen molar-refractivity contribution < 1.29 is 0 Å². The Kier molecular flexibility index (Phi) is 2.26. The van der Waals surface area contributed by atoms with Gasteiger partial charge in [0.25, 0.3) is 5.56 Å². The molecule has 2 aromatic rings. The van der Waals surface area contributed by atoms with Gasteiger partial charge in [-0.05, 0) is 26.3 Å². The fourth-order valence-electron chi connectivity index (χ4n) is 1.65. The van der Waals surface area contributed by atoms with Crippen LogP contribution in [0.15, 0.2) is 4.79 Å². The Balaban J connectivity index is 2.99. The van der Waals surface area contributed by atoms with E-state index in [1.165, 1.54) is 15.9 Å². The summed E-state index contributed by atoms with van der Waals surface area (Å²) in [4.78, 5) is 18.2. The summed E-state index contributed by atoms with van der Waals surface area (Å²) in [5.41, 5.74) is 6.71. The minimum atomic E-state index is -0.0261. The number of fused-ring (bicyclic) bond motifs is 1. The number of rotatable bonds is 1. The van der Waals surface area contributed by atoms with Crippen LogP contribution in [-0.4, -0.2) is 9.55 Å².